The van der Waals surface area contributed by atoms with Crippen LogP contribution < -0.4 is 5.32 Å². The Morgan fingerprint density at radius 2 is 2.11 bits per heavy atom. The maximum absolute atomic E-state index is 12.0. The van der Waals surface area contributed by atoms with Crippen LogP contribution in [0.3, 0.4) is 0 Å². The van der Waals surface area contributed by atoms with E-state index in [2.05, 4.69) is 21.8 Å². The SMILES string of the molecule is C=CCCCCCN(C)C(=NCCCF)NCC. The van der Waals surface area contributed by atoms with Gasteiger partial charge in [-0.25, -0.2) is 0 Å². The molecule has 0 aliphatic heterocycles. The molecule has 0 saturated carbocycles. The van der Waals surface area contributed by atoms with Crippen LogP contribution in [0.25, 0.3) is 0 Å². The van der Waals surface area contributed by atoms with Crippen molar-refractivity contribution in [1.29, 1.82) is 0 Å². The quantitative estimate of drug-likeness (QED) is 0.282. The zero-order chi connectivity index (χ0) is 13.6. The minimum atomic E-state index is -0.297. The molecule has 0 heterocycles. The van der Waals surface area contributed by atoms with Gasteiger partial charge in [0, 0.05) is 26.7 Å². The fourth-order valence-electron chi connectivity index (χ4n) is 1.63. The number of rotatable bonds is 10. The Morgan fingerprint density at radius 1 is 1.33 bits per heavy atom. The van der Waals surface area contributed by atoms with Gasteiger partial charge in [-0.3, -0.25) is 9.38 Å². The monoisotopic (exact) mass is 257 g/mol. The Hall–Kier alpha value is -1.06. The number of nitrogens with zero attached hydrogens (tertiary/aromatic N) is 2. The van der Waals surface area contributed by atoms with Gasteiger partial charge in [-0.15, -0.1) is 6.58 Å². The van der Waals surface area contributed by atoms with Gasteiger partial charge in [-0.1, -0.05) is 12.5 Å². The predicted octanol–water partition coefficient (Wildman–Crippen LogP) is 2.99. The van der Waals surface area contributed by atoms with Gasteiger partial charge >= 0.3 is 0 Å². The van der Waals surface area contributed by atoms with Crippen LogP contribution in [0.1, 0.15) is 39.0 Å². The van der Waals surface area contributed by atoms with Gasteiger partial charge in [-0.05, 0) is 32.6 Å². The molecule has 0 aromatic heterocycles. The number of unbranched alkanes of at least 4 members (excludes halogenated alkanes) is 3. The van der Waals surface area contributed by atoms with Crippen molar-refractivity contribution in [3.63, 3.8) is 0 Å². The van der Waals surface area contributed by atoms with Crippen molar-refractivity contribution < 1.29 is 4.39 Å². The Balaban J connectivity index is 3.93. The summed E-state index contributed by atoms with van der Waals surface area (Å²) in [7, 11) is 2.03. The summed E-state index contributed by atoms with van der Waals surface area (Å²) in [6, 6.07) is 0. The summed E-state index contributed by atoms with van der Waals surface area (Å²) in [5.74, 6) is 0.884. The molecule has 0 fully saturated rings. The van der Waals surface area contributed by atoms with Gasteiger partial charge in [0.1, 0.15) is 0 Å². The van der Waals surface area contributed by atoms with Gasteiger partial charge in [-0.2, -0.15) is 0 Å². The Bertz CT molecular complexity index is 229. The van der Waals surface area contributed by atoms with E-state index in [4.69, 9.17) is 0 Å². The first-order chi connectivity index (χ1) is 8.76. The summed E-state index contributed by atoms with van der Waals surface area (Å²) in [4.78, 5) is 6.51. The van der Waals surface area contributed by atoms with Crippen LogP contribution in [0.5, 0.6) is 0 Å². The lowest BCUT2D eigenvalue weighted by molar-refractivity contribution is 0.450. The molecular weight excluding hydrogens is 229 g/mol. The van der Waals surface area contributed by atoms with Crippen molar-refractivity contribution in [2.75, 3.05) is 33.4 Å². The van der Waals surface area contributed by atoms with E-state index in [0.29, 0.717) is 13.0 Å². The highest BCUT2D eigenvalue weighted by Gasteiger charge is 2.04. The van der Waals surface area contributed by atoms with Crippen molar-refractivity contribution in [2.24, 2.45) is 4.99 Å². The summed E-state index contributed by atoms with van der Waals surface area (Å²) in [5, 5.41) is 3.23. The van der Waals surface area contributed by atoms with E-state index in [1.807, 2.05) is 20.0 Å². The first-order valence-electron chi connectivity index (χ1n) is 6.92. The van der Waals surface area contributed by atoms with Crippen LogP contribution in [-0.4, -0.2) is 44.2 Å². The van der Waals surface area contributed by atoms with E-state index in [0.717, 1.165) is 31.9 Å². The molecule has 0 aromatic carbocycles. The van der Waals surface area contributed by atoms with Gasteiger partial charge < -0.3 is 10.2 Å². The molecule has 4 heteroatoms. The summed E-state index contributed by atoms with van der Waals surface area (Å²) >= 11 is 0. The average Bonchev–Trinajstić information content (AvgIpc) is 2.37. The summed E-state index contributed by atoms with van der Waals surface area (Å²) in [5.41, 5.74) is 0. The van der Waals surface area contributed by atoms with E-state index < -0.39 is 0 Å². The lowest BCUT2D eigenvalue weighted by atomic mass is 10.2. The normalized spacial score (nSPS) is 11.4. The van der Waals surface area contributed by atoms with Crippen molar-refractivity contribution in [1.82, 2.24) is 10.2 Å². The second kappa shape index (κ2) is 12.4. The molecule has 0 amide bonds. The van der Waals surface area contributed by atoms with Gasteiger partial charge in [0.25, 0.3) is 0 Å². The van der Waals surface area contributed by atoms with Crippen LogP contribution in [0, 0.1) is 0 Å². The van der Waals surface area contributed by atoms with E-state index in [9.17, 15) is 4.39 Å². The Kier molecular flexibility index (Phi) is 11.7. The summed E-state index contributed by atoms with van der Waals surface area (Å²) in [6.45, 7) is 7.85. The maximum Gasteiger partial charge on any atom is 0.193 e. The molecule has 106 valence electrons. The van der Waals surface area contributed by atoms with Crippen LogP contribution in [0.2, 0.25) is 0 Å². The maximum atomic E-state index is 12.0. The van der Waals surface area contributed by atoms with E-state index in [-0.39, 0.29) is 6.67 Å². The van der Waals surface area contributed by atoms with E-state index >= 15 is 0 Å². The number of halogens is 1. The number of allylic oxidation sites excluding steroid dienone is 1. The standard InChI is InChI=1S/C14H28FN3/c1-4-6-7-8-9-13-18(3)14(16-5-2)17-12-10-11-15/h4H,1,5-13H2,2-3H3,(H,16,17). The number of hydrogen-bond acceptors (Lipinski definition) is 1. The third-order valence-corrected chi connectivity index (χ3v) is 2.65. The third-order valence-electron chi connectivity index (χ3n) is 2.65. The van der Waals surface area contributed by atoms with Gasteiger partial charge in [0.2, 0.25) is 0 Å². The largest absolute Gasteiger partial charge is 0.357 e. The van der Waals surface area contributed by atoms with Gasteiger partial charge in [0.05, 0.1) is 6.67 Å². The van der Waals surface area contributed by atoms with Crippen molar-refractivity contribution in [3.8, 4) is 0 Å². The van der Waals surface area contributed by atoms with Crippen LogP contribution >= 0.6 is 0 Å². The number of nitrogens with one attached hydrogen (secondary N) is 1. The lowest BCUT2D eigenvalue weighted by Gasteiger charge is -2.21. The Morgan fingerprint density at radius 3 is 2.72 bits per heavy atom. The molecular formula is C14H28FN3. The van der Waals surface area contributed by atoms with Crippen molar-refractivity contribution >= 4 is 5.96 Å². The summed E-state index contributed by atoms with van der Waals surface area (Å²) < 4.78 is 12.0. The molecule has 0 radical (unpaired) electrons. The highest BCUT2D eigenvalue weighted by Crippen LogP contribution is 2.01. The molecule has 0 rings (SSSR count). The van der Waals surface area contributed by atoms with Crippen molar-refractivity contribution in [3.05, 3.63) is 12.7 Å². The summed E-state index contributed by atoms with van der Waals surface area (Å²) in [6.07, 6.45) is 7.12. The van der Waals surface area contributed by atoms with Crippen LogP contribution in [-0.2, 0) is 0 Å². The fraction of sp³-hybridized carbons (Fsp3) is 0.786. The molecule has 0 spiro atoms. The first kappa shape index (κ1) is 16.9. The Labute approximate surface area is 111 Å². The smallest absolute Gasteiger partial charge is 0.193 e. The second-order valence-electron chi connectivity index (χ2n) is 4.34. The highest BCUT2D eigenvalue weighted by atomic mass is 19.1. The zero-order valence-electron chi connectivity index (χ0n) is 11.9. The third kappa shape index (κ3) is 9.02. The number of aliphatic imine (C=N–C) groups is 1. The molecule has 0 aromatic rings. The number of alkyl halides is 1. The minimum Gasteiger partial charge on any atom is -0.357 e. The molecule has 3 nitrogen and oxygen atoms in total. The number of guanidine groups is 1. The molecule has 0 aliphatic rings. The lowest BCUT2D eigenvalue weighted by Crippen LogP contribution is -2.39. The molecule has 0 atom stereocenters. The van der Waals surface area contributed by atoms with Crippen LogP contribution in [0.4, 0.5) is 4.39 Å². The molecule has 18 heavy (non-hydrogen) atoms. The number of hydrogen-bond donors (Lipinski definition) is 1. The molecule has 1 N–H and O–H groups in total. The topological polar surface area (TPSA) is 27.6 Å². The average molecular weight is 257 g/mol. The van der Waals surface area contributed by atoms with E-state index in [1.165, 1.54) is 12.8 Å². The highest BCUT2D eigenvalue weighted by molar-refractivity contribution is 5.79. The van der Waals surface area contributed by atoms with Crippen molar-refractivity contribution in [2.45, 2.75) is 39.0 Å². The predicted molar refractivity (Wildman–Crippen MR) is 77.9 cm³/mol. The minimum absolute atomic E-state index is 0.297. The molecule has 0 saturated heterocycles. The molecule has 0 aliphatic carbocycles. The molecule has 0 unspecified atom stereocenters. The zero-order valence-corrected chi connectivity index (χ0v) is 11.9. The molecule has 0 bridgehead atoms. The van der Waals surface area contributed by atoms with E-state index in [1.54, 1.807) is 0 Å². The first-order valence-corrected chi connectivity index (χ1v) is 6.92. The van der Waals surface area contributed by atoms with Gasteiger partial charge in [0.15, 0.2) is 5.96 Å². The van der Waals surface area contributed by atoms with Crippen LogP contribution in [0.15, 0.2) is 17.6 Å². The second-order valence-corrected chi connectivity index (χ2v) is 4.34. The fourth-order valence-corrected chi connectivity index (χ4v) is 1.63.